The van der Waals surface area contributed by atoms with Crippen molar-refractivity contribution < 1.29 is 14.0 Å². The zero-order chi connectivity index (χ0) is 15.3. The third kappa shape index (κ3) is 2.52. The van der Waals surface area contributed by atoms with Crippen molar-refractivity contribution in [1.82, 2.24) is 4.98 Å². The third-order valence-electron chi connectivity index (χ3n) is 4.36. The molecule has 2 heterocycles. The first-order chi connectivity index (χ1) is 9.84. The van der Waals surface area contributed by atoms with E-state index in [1.807, 2.05) is 27.7 Å². The molecular formula is C15H19BN2O3. The largest absolute Gasteiger partial charge is 0.498 e. The van der Waals surface area contributed by atoms with Crippen LogP contribution < -0.4 is 10.2 Å². The fourth-order valence-corrected chi connectivity index (χ4v) is 2.17. The number of aromatic nitrogens is 1. The van der Waals surface area contributed by atoms with Gasteiger partial charge in [0.05, 0.1) is 17.3 Å². The molecule has 3 rings (SSSR count). The number of nitrogens with zero attached hydrogens (tertiary/aromatic N) is 2. The molecule has 0 radical (unpaired) electrons. The Bertz CT molecular complexity index is 589. The van der Waals surface area contributed by atoms with Gasteiger partial charge in [0.15, 0.2) is 11.4 Å². The summed E-state index contributed by atoms with van der Waals surface area (Å²) in [4.78, 5) is 4.09. The van der Waals surface area contributed by atoms with Crippen molar-refractivity contribution in [1.29, 1.82) is 5.26 Å². The lowest BCUT2D eigenvalue weighted by atomic mass is 9.78. The van der Waals surface area contributed by atoms with E-state index in [4.69, 9.17) is 14.0 Å². The summed E-state index contributed by atoms with van der Waals surface area (Å²) < 4.78 is 18.0. The fourth-order valence-electron chi connectivity index (χ4n) is 2.17. The maximum atomic E-state index is 9.25. The summed E-state index contributed by atoms with van der Waals surface area (Å²) in [5.74, 6) is 0.501. The second-order valence-corrected chi connectivity index (χ2v) is 6.60. The van der Waals surface area contributed by atoms with Crippen LogP contribution in [0.4, 0.5) is 0 Å². The van der Waals surface area contributed by atoms with Crippen LogP contribution in [0.25, 0.3) is 0 Å². The van der Waals surface area contributed by atoms with Crippen LogP contribution in [0.15, 0.2) is 12.3 Å². The Kier molecular flexibility index (Phi) is 3.23. The minimum Gasteiger partial charge on any atom is -0.488 e. The van der Waals surface area contributed by atoms with E-state index < -0.39 is 18.3 Å². The van der Waals surface area contributed by atoms with Crippen LogP contribution in [-0.2, 0) is 9.31 Å². The van der Waals surface area contributed by atoms with E-state index in [1.54, 1.807) is 12.3 Å². The number of ether oxygens (including phenoxy) is 1. The van der Waals surface area contributed by atoms with Crippen molar-refractivity contribution in [2.24, 2.45) is 0 Å². The first-order valence-electron chi connectivity index (χ1n) is 7.25. The van der Waals surface area contributed by atoms with Gasteiger partial charge in [-0.3, -0.25) is 0 Å². The Morgan fingerprint density at radius 3 is 2.43 bits per heavy atom. The van der Waals surface area contributed by atoms with Gasteiger partial charge in [-0.15, -0.1) is 0 Å². The highest BCUT2D eigenvalue weighted by Gasteiger charge is 2.52. The van der Waals surface area contributed by atoms with Crippen molar-refractivity contribution in [2.75, 3.05) is 0 Å². The van der Waals surface area contributed by atoms with E-state index in [0.29, 0.717) is 5.75 Å². The van der Waals surface area contributed by atoms with Gasteiger partial charge in [0.25, 0.3) is 0 Å². The van der Waals surface area contributed by atoms with Crippen molar-refractivity contribution >= 4 is 12.6 Å². The van der Waals surface area contributed by atoms with E-state index in [2.05, 4.69) is 11.1 Å². The van der Waals surface area contributed by atoms with E-state index >= 15 is 0 Å². The van der Waals surface area contributed by atoms with Crippen LogP contribution in [0.3, 0.4) is 0 Å². The minimum absolute atomic E-state index is 0.183. The Morgan fingerprint density at radius 2 is 1.90 bits per heavy atom. The molecule has 0 spiro atoms. The van der Waals surface area contributed by atoms with Crippen LogP contribution in [0.1, 0.15) is 46.2 Å². The Balaban J connectivity index is 1.97. The number of pyridine rings is 1. The summed E-state index contributed by atoms with van der Waals surface area (Å²) in [6, 6.07) is 3.89. The predicted molar refractivity (Wildman–Crippen MR) is 78.3 cm³/mol. The molecule has 110 valence electrons. The van der Waals surface area contributed by atoms with Gasteiger partial charge in [0.2, 0.25) is 0 Å². The van der Waals surface area contributed by atoms with Crippen molar-refractivity contribution in [2.45, 2.75) is 57.8 Å². The standard InChI is InChI=1S/C15H19BN2O3/c1-14(2)15(3,4)21-16(20-14)11-7-8-18-12(9-17)13(11)19-10-5-6-10/h7-8,10H,5-6H2,1-4H3. The first-order valence-corrected chi connectivity index (χ1v) is 7.25. The molecule has 0 aromatic carbocycles. The molecule has 2 aliphatic rings. The second-order valence-electron chi connectivity index (χ2n) is 6.60. The zero-order valence-corrected chi connectivity index (χ0v) is 12.8. The summed E-state index contributed by atoms with van der Waals surface area (Å²) in [7, 11) is -0.543. The van der Waals surface area contributed by atoms with Gasteiger partial charge in [-0.25, -0.2) is 4.98 Å². The zero-order valence-electron chi connectivity index (χ0n) is 12.8. The summed E-state index contributed by atoms with van der Waals surface area (Å²) in [6.45, 7) is 8.00. The van der Waals surface area contributed by atoms with E-state index in [0.717, 1.165) is 18.3 Å². The van der Waals surface area contributed by atoms with Crippen molar-refractivity contribution in [3.63, 3.8) is 0 Å². The normalized spacial score (nSPS) is 22.9. The topological polar surface area (TPSA) is 64.4 Å². The summed E-state index contributed by atoms with van der Waals surface area (Å²) in [6.07, 6.45) is 3.81. The third-order valence-corrected chi connectivity index (χ3v) is 4.36. The second kappa shape index (κ2) is 4.72. The molecule has 6 heteroatoms. The molecule has 1 saturated heterocycles. The van der Waals surface area contributed by atoms with E-state index in [-0.39, 0.29) is 11.8 Å². The summed E-state index contributed by atoms with van der Waals surface area (Å²) >= 11 is 0. The molecule has 1 aliphatic carbocycles. The van der Waals surface area contributed by atoms with Gasteiger partial charge in [0.1, 0.15) is 6.07 Å². The molecule has 0 unspecified atom stereocenters. The first kappa shape index (κ1) is 14.4. The number of nitriles is 1. The molecule has 1 saturated carbocycles. The molecule has 1 aromatic rings. The monoisotopic (exact) mass is 286 g/mol. The summed E-state index contributed by atoms with van der Waals surface area (Å²) in [5, 5.41) is 9.25. The van der Waals surface area contributed by atoms with E-state index in [1.165, 1.54) is 0 Å². The SMILES string of the molecule is CC1(C)OB(c2ccnc(C#N)c2OC2CC2)OC1(C)C. The van der Waals surface area contributed by atoms with Crippen LogP contribution in [0.5, 0.6) is 5.75 Å². The van der Waals surface area contributed by atoms with Gasteiger partial charge in [-0.05, 0) is 46.6 Å². The van der Waals surface area contributed by atoms with Gasteiger partial charge in [0, 0.05) is 11.7 Å². The van der Waals surface area contributed by atoms with Crippen LogP contribution in [0.2, 0.25) is 0 Å². The Morgan fingerprint density at radius 1 is 1.29 bits per heavy atom. The molecule has 0 N–H and O–H groups in total. The average molecular weight is 286 g/mol. The Hall–Kier alpha value is -1.58. The highest BCUT2D eigenvalue weighted by molar-refractivity contribution is 6.63. The molecule has 2 fully saturated rings. The average Bonchev–Trinajstić information content (AvgIpc) is 3.17. The lowest BCUT2D eigenvalue weighted by molar-refractivity contribution is 0.00578. The lowest BCUT2D eigenvalue weighted by Crippen LogP contribution is -2.41. The van der Waals surface area contributed by atoms with Crippen LogP contribution in [0, 0.1) is 11.3 Å². The lowest BCUT2D eigenvalue weighted by Gasteiger charge is -2.32. The van der Waals surface area contributed by atoms with Crippen LogP contribution in [-0.4, -0.2) is 29.4 Å². The smallest absolute Gasteiger partial charge is 0.488 e. The molecule has 0 amide bonds. The highest BCUT2D eigenvalue weighted by atomic mass is 16.7. The van der Waals surface area contributed by atoms with Crippen molar-refractivity contribution in [3.8, 4) is 11.8 Å². The van der Waals surface area contributed by atoms with E-state index in [9.17, 15) is 5.26 Å². The Labute approximate surface area is 125 Å². The molecular weight excluding hydrogens is 267 g/mol. The number of hydrogen-bond acceptors (Lipinski definition) is 5. The summed E-state index contributed by atoms with van der Waals surface area (Å²) in [5.41, 5.74) is 0.177. The van der Waals surface area contributed by atoms with Gasteiger partial charge < -0.3 is 14.0 Å². The minimum atomic E-state index is -0.543. The molecule has 1 aliphatic heterocycles. The molecule has 5 nitrogen and oxygen atoms in total. The fraction of sp³-hybridized carbons (Fsp3) is 0.600. The molecule has 21 heavy (non-hydrogen) atoms. The maximum Gasteiger partial charge on any atom is 0.498 e. The van der Waals surface area contributed by atoms with Gasteiger partial charge >= 0.3 is 7.12 Å². The molecule has 0 bridgehead atoms. The van der Waals surface area contributed by atoms with Crippen molar-refractivity contribution in [3.05, 3.63) is 18.0 Å². The number of hydrogen-bond donors (Lipinski definition) is 0. The molecule has 1 aromatic heterocycles. The van der Waals surface area contributed by atoms with Gasteiger partial charge in [-0.2, -0.15) is 5.26 Å². The maximum absolute atomic E-state index is 9.25. The molecule has 0 atom stereocenters. The number of rotatable bonds is 3. The van der Waals surface area contributed by atoms with Gasteiger partial charge in [-0.1, -0.05) is 0 Å². The van der Waals surface area contributed by atoms with Crippen LogP contribution >= 0.6 is 0 Å². The predicted octanol–water partition coefficient (Wildman–Crippen LogP) is 1.79. The quantitative estimate of drug-likeness (QED) is 0.793. The highest BCUT2D eigenvalue weighted by Crippen LogP contribution is 2.37.